The second-order valence-electron chi connectivity index (χ2n) is 4.73. The second-order valence-corrected chi connectivity index (χ2v) is 6.43. The summed E-state index contributed by atoms with van der Waals surface area (Å²) in [5.41, 5.74) is 4.33. The molecule has 0 aliphatic carbocycles. The minimum absolute atomic E-state index is 0.576. The van der Waals surface area contributed by atoms with E-state index in [2.05, 4.69) is 45.6 Å². The first-order valence-electron chi connectivity index (χ1n) is 6.58. The molecule has 0 spiro atoms. The summed E-state index contributed by atoms with van der Waals surface area (Å²) >= 11 is 7.30. The normalized spacial score (nSPS) is 10.6. The largest absolute Gasteiger partial charge is 0.380 e. The van der Waals surface area contributed by atoms with E-state index >= 15 is 0 Å². The van der Waals surface area contributed by atoms with Crippen LogP contribution in [0.5, 0.6) is 0 Å². The first kappa shape index (κ1) is 14.0. The molecule has 1 N–H and O–H groups in total. The van der Waals surface area contributed by atoms with Gasteiger partial charge in [-0.25, -0.2) is 4.98 Å². The third-order valence-electron chi connectivity index (χ3n) is 3.08. The molecule has 0 unspecified atom stereocenters. The number of nitrogens with zero attached hydrogens (tertiary/aromatic N) is 2. The summed E-state index contributed by atoms with van der Waals surface area (Å²) in [7, 11) is 0. The molecular weight excluding hydrogens is 302 g/mol. The summed E-state index contributed by atoms with van der Waals surface area (Å²) in [6.07, 6.45) is 3.68. The predicted octanol–water partition coefficient (Wildman–Crippen LogP) is 4.78. The summed E-state index contributed by atoms with van der Waals surface area (Å²) in [4.78, 5) is 9.57. The average Bonchev–Trinajstić information content (AvgIpc) is 2.92. The Kier molecular flexibility index (Phi) is 4.18. The molecule has 3 rings (SSSR count). The summed E-state index contributed by atoms with van der Waals surface area (Å²) in [5, 5.41) is 3.35. The minimum Gasteiger partial charge on any atom is -0.380 e. The number of anilines is 1. The molecule has 0 fully saturated rings. The van der Waals surface area contributed by atoms with Gasteiger partial charge >= 0.3 is 0 Å². The van der Waals surface area contributed by atoms with E-state index in [9.17, 15) is 0 Å². The summed E-state index contributed by atoms with van der Waals surface area (Å²) in [5.74, 6) is 0. The lowest BCUT2D eigenvalue weighted by molar-refractivity contribution is 1.17. The van der Waals surface area contributed by atoms with Gasteiger partial charge in [-0.15, -0.1) is 11.3 Å². The van der Waals surface area contributed by atoms with Gasteiger partial charge in [0, 0.05) is 28.5 Å². The van der Waals surface area contributed by atoms with Crippen LogP contribution in [0.3, 0.4) is 0 Å². The van der Waals surface area contributed by atoms with Gasteiger partial charge in [0.15, 0.2) is 4.47 Å². The molecule has 0 bridgehead atoms. The summed E-state index contributed by atoms with van der Waals surface area (Å²) in [6, 6.07) is 12.4. The molecule has 0 saturated carbocycles. The zero-order valence-corrected chi connectivity index (χ0v) is 13.1. The van der Waals surface area contributed by atoms with E-state index in [1.54, 1.807) is 6.20 Å². The number of hydrogen-bond acceptors (Lipinski definition) is 4. The molecule has 3 nitrogen and oxygen atoms in total. The van der Waals surface area contributed by atoms with Crippen molar-refractivity contribution in [2.75, 3.05) is 5.32 Å². The highest BCUT2D eigenvalue weighted by atomic mass is 35.5. The first-order chi connectivity index (χ1) is 10.2. The van der Waals surface area contributed by atoms with Crippen LogP contribution in [0.2, 0.25) is 4.47 Å². The fraction of sp³-hybridized carbons (Fsp3) is 0.125. The van der Waals surface area contributed by atoms with Crippen molar-refractivity contribution in [1.29, 1.82) is 0 Å². The van der Waals surface area contributed by atoms with Gasteiger partial charge in [-0.05, 0) is 30.7 Å². The van der Waals surface area contributed by atoms with E-state index in [-0.39, 0.29) is 0 Å². The van der Waals surface area contributed by atoms with Gasteiger partial charge in [0.2, 0.25) is 0 Å². The SMILES string of the molecule is Cc1ccc(-c2ccc(NCc3cnc(Cl)s3)cc2)nc1. The van der Waals surface area contributed by atoms with Gasteiger partial charge in [0.1, 0.15) is 0 Å². The maximum Gasteiger partial charge on any atom is 0.183 e. The van der Waals surface area contributed by atoms with Crippen molar-refractivity contribution in [1.82, 2.24) is 9.97 Å². The van der Waals surface area contributed by atoms with Crippen LogP contribution in [0.4, 0.5) is 5.69 Å². The van der Waals surface area contributed by atoms with Gasteiger partial charge in [-0.2, -0.15) is 0 Å². The van der Waals surface area contributed by atoms with Crippen LogP contribution in [0.25, 0.3) is 11.3 Å². The number of aryl methyl sites for hydroxylation is 1. The van der Waals surface area contributed by atoms with E-state index in [0.717, 1.165) is 28.4 Å². The quantitative estimate of drug-likeness (QED) is 0.753. The Balaban J connectivity index is 1.67. The Morgan fingerprint density at radius 2 is 1.86 bits per heavy atom. The zero-order valence-electron chi connectivity index (χ0n) is 11.5. The van der Waals surface area contributed by atoms with Crippen LogP contribution in [-0.2, 0) is 6.54 Å². The van der Waals surface area contributed by atoms with Crippen molar-refractivity contribution in [2.45, 2.75) is 13.5 Å². The highest BCUT2D eigenvalue weighted by molar-refractivity contribution is 7.15. The van der Waals surface area contributed by atoms with Crippen LogP contribution in [0, 0.1) is 6.92 Å². The van der Waals surface area contributed by atoms with E-state index in [1.807, 2.05) is 19.2 Å². The maximum absolute atomic E-state index is 5.81. The van der Waals surface area contributed by atoms with Gasteiger partial charge < -0.3 is 5.32 Å². The van der Waals surface area contributed by atoms with E-state index in [1.165, 1.54) is 16.9 Å². The lowest BCUT2D eigenvalue weighted by Crippen LogP contribution is -1.97. The molecule has 2 heterocycles. The van der Waals surface area contributed by atoms with Crippen LogP contribution in [-0.4, -0.2) is 9.97 Å². The smallest absolute Gasteiger partial charge is 0.183 e. The van der Waals surface area contributed by atoms with Crippen LogP contribution in [0.15, 0.2) is 48.8 Å². The Hall–Kier alpha value is -1.91. The number of pyridine rings is 1. The molecule has 5 heteroatoms. The summed E-state index contributed by atoms with van der Waals surface area (Å²) < 4.78 is 0.576. The number of benzene rings is 1. The number of nitrogens with one attached hydrogen (secondary N) is 1. The van der Waals surface area contributed by atoms with Crippen molar-refractivity contribution >= 4 is 28.6 Å². The molecular formula is C16H14ClN3S. The number of thiazole rings is 1. The van der Waals surface area contributed by atoms with E-state index in [0.29, 0.717) is 4.47 Å². The molecule has 21 heavy (non-hydrogen) atoms. The van der Waals surface area contributed by atoms with Gasteiger partial charge in [0.05, 0.1) is 12.2 Å². The molecule has 0 aliphatic heterocycles. The van der Waals surface area contributed by atoms with Crippen molar-refractivity contribution < 1.29 is 0 Å². The van der Waals surface area contributed by atoms with Crippen molar-refractivity contribution in [2.24, 2.45) is 0 Å². The molecule has 0 amide bonds. The highest BCUT2D eigenvalue weighted by Crippen LogP contribution is 2.22. The van der Waals surface area contributed by atoms with Crippen molar-refractivity contribution in [3.63, 3.8) is 0 Å². The second kappa shape index (κ2) is 6.24. The minimum atomic E-state index is 0.576. The number of rotatable bonds is 4. The predicted molar refractivity (Wildman–Crippen MR) is 88.9 cm³/mol. The lowest BCUT2D eigenvalue weighted by Gasteiger charge is -2.06. The Labute approximate surface area is 132 Å². The van der Waals surface area contributed by atoms with Gasteiger partial charge in [-0.3, -0.25) is 4.98 Å². The molecule has 3 aromatic rings. The third kappa shape index (κ3) is 3.60. The van der Waals surface area contributed by atoms with Crippen molar-refractivity contribution in [3.05, 3.63) is 63.7 Å². The molecule has 0 saturated heterocycles. The van der Waals surface area contributed by atoms with Crippen LogP contribution >= 0.6 is 22.9 Å². The zero-order chi connectivity index (χ0) is 14.7. The summed E-state index contributed by atoms with van der Waals surface area (Å²) in [6.45, 7) is 2.77. The molecule has 106 valence electrons. The molecule has 2 aromatic heterocycles. The fourth-order valence-corrected chi connectivity index (χ4v) is 2.87. The third-order valence-corrected chi connectivity index (χ3v) is 4.20. The average molecular weight is 316 g/mol. The Morgan fingerprint density at radius 3 is 2.48 bits per heavy atom. The molecule has 0 atom stereocenters. The van der Waals surface area contributed by atoms with E-state index in [4.69, 9.17) is 11.6 Å². The Bertz CT molecular complexity index is 720. The van der Waals surface area contributed by atoms with Crippen molar-refractivity contribution in [3.8, 4) is 11.3 Å². The van der Waals surface area contributed by atoms with E-state index < -0.39 is 0 Å². The monoisotopic (exact) mass is 315 g/mol. The van der Waals surface area contributed by atoms with Crippen LogP contribution < -0.4 is 5.32 Å². The van der Waals surface area contributed by atoms with Crippen LogP contribution in [0.1, 0.15) is 10.4 Å². The highest BCUT2D eigenvalue weighted by Gasteiger charge is 2.01. The van der Waals surface area contributed by atoms with Gasteiger partial charge in [-0.1, -0.05) is 29.8 Å². The maximum atomic E-state index is 5.81. The first-order valence-corrected chi connectivity index (χ1v) is 7.77. The molecule has 0 aliphatic rings. The Morgan fingerprint density at radius 1 is 1.05 bits per heavy atom. The number of aromatic nitrogens is 2. The van der Waals surface area contributed by atoms with Gasteiger partial charge in [0.25, 0.3) is 0 Å². The topological polar surface area (TPSA) is 37.8 Å². The molecule has 1 aromatic carbocycles. The number of halogens is 1. The fourth-order valence-electron chi connectivity index (χ4n) is 1.95. The number of hydrogen-bond donors (Lipinski definition) is 1. The standard InChI is InChI=1S/C16H14ClN3S/c1-11-2-7-15(19-8-11)12-3-5-13(6-4-12)18-9-14-10-20-16(17)21-14/h2-8,10,18H,9H2,1H3. The molecule has 0 radical (unpaired) electrons. The lowest BCUT2D eigenvalue weighted by atomic mass is 10.1.